The molecule has 2 nitrogen and oxygen atoms in total. The van der Waals surface area contributed by atoms with E-state index in [-0.39, 0.29) is 0 Å². The summed E-state index contributed by atoms with van der Waals surface area (Å²) in [4.78, 5) is 5.50. The lowest BCUT2D eigenvalue weighted by Gasteiger charge is -2.07. The lowest BCUT2D eigenvalue weighted by Crippen LogP contribution is -2.11. The third-order valence-electron chi connectivity index (χ3n) is 3.01. The zero-order chi connectivity index (χ0) is 13.1. The number of fused-ring (bicyclic) bond motifs is 1. The third-order valence-corrected chi connectivity index (χ3v) is 4.64. The minimum Gasteiger partial charge on any atom is -0.308 e. The molecule has 2 heterocycles. The quantitative estimate of drug-likeness (QED) is 0.768. The molecule has 0 aliphatic rings. The van der Waals surface area contributed by atoms with Crippen molar-refractivity contribution in [2.45, 2.75) is 13.1 Å². The molecule has 0 saturated heterocycles. The number of pyridine rings is 1. The van der Waals surface area contributed by atoms with E-state index in [4.69, 9.17) is 0 Å². The van der Waals surface area contributed by atoms with Gasteiger partial charge in [-0.15, -0.1) is 11.3 Å². The third kappa shape index (κ3) is 3.03. The zero-order valence-corrected chi connectivity index (χ0v) is 12.7. The van der Waals surface area contributed by atoms with Gasteiger partial charge in [0, 0.05) is 35.7 Å². The van der Waals surface area contributed by atoms with Crippen LogP contribution in [0.1, 0.15) is 10.4 Å². The Morgan fingerprint density at radius 3 is 2.89 bits per heavy atom. The summed E-state index contributed by atoms with van der Waals surface area (Å²) in [7, 11) is 0. The molecule has 19 heavy (non-hydrogen) atoms. The molecule has 0 spiro atoms. The maximum Gasteiger partial charge on any atom is 0.0701 e. The molecule has 0 aliphatic heterocycles. The number of aromatic nitrogens is 1. The van der Waals surface area contributed by atoms with Crippen molar-refractivity contribution in [3.63, 3.8) is 0 Å². The van der Waals surface area contributed by atoms with Crippen molar-refractivity contribution in [1.29, 1.82) is 0 Å². The highest BCUT2D eigenvalue weighted by molar-refractivity contribution is 9.11. The predicted octanol–water partition coefficient (Wildman–Crippen LogP) is 4.35. The lowest BCUT2D eigenvalue weighted by atomic mass is 10.1. The molecule has 3 aromatic rings. The second kappa shape index (κ2) is 5.82. The SMILES string of the molecule is Brc1ccc(CNCc2cccc3cnccc23)s1. The van der Waals surface area contributed by atoms with Gasteiger partial charge in [0.15, 0.2) is 0 Å². The smallest absolute Gasteiger partial charge is 0.0701 e. The molecule has 1 N–H and O–H groups in total. The maximum absolute atomic E-state index is 4.16. The van der Waals surface area contributed by atoms with E-state index in [0.717, 1.165) is 13.1 Å². The molecule has 0 amide bonds. The van der Waals surface area contributed by atoms with Gasteiger partial charge in [0.05, 0.1) is 3.79 Å². The van der Waals surface area contributed by atoms with E-state index in [1.807, 2.05) is 12.4 Å². The highest BCUT2D eigenvalue weighted by atomic mass is 79.9. The van der Waals surface area contributed by atoms with Crippen molar-refractivity contribution >= 4 is 38.0 Å². The number of thiophene rings is 1. The van der Waals surface area contributed by atoms with Gasteiger partial charge in [-0.05, 0) is 45.1 Å². The maximum atomic E-state index is 4.16. The molecule has 0 aliphatic carbocycles. The summed E-state index contributed by atoms with van der Waals surface area (Å²) >= 11 is 5.26. The Morgan fingerprint density at radius 2 is 2.05 bits per heavy atom. The molecule has 4 heteroatoms. The molecule has 0 atom stereocenters. The molecule has 1 aromatic carbocycles. The van der Waals surface area contributed by atoms with Gasteiger partial charge >= 0.3 is 0 Å². The van der Waals surface area contributed by atoms with Crippen LogP contribution in [-0.2, 0) is 13.1 Å². The van der Waals surface area contributed by atoms with Crippen LogP contribution in [0.5, 0.6) is 0 Å². The second-order valence-corrected chi connectivity index (χ2v) is 6.87. The summed E-state index contributed by atoms with van der Waals surface area (Å²) in [5, 5.41) is 5.96. The van der Waals surface area contributed by atoms with Crippen molar-refractivity contribution in [3.05, 3.63) is 63.0 Å². The van der Waals surface area contributed by atoms with Crippen molar-refractivity contribution in [2.75, 3.05) is 0 Å². The highest BCUT2D eigenvalue weighted by Gasteiger charge is 2.01. The summed E-state index contributed by atoms with van der Waals surface area (Å²) < 4.78 is 1.18. The second-order valence-electron chi connectivity index (χ2n) is 4.32. The molecule has 3 rings (SSSR count). The highest BCUT2D eigenvalue weighted by Crippen LogP contribution is 2.22. The molecule has 0 bridgehead atoms. The minimum absolute atomic E-state index is 0.872. The molecule has 0 fully saturated rings. The topological polar surface area (TPSA) is 24.9 Å². The number of nitrogens with zero attached hydrogens (tertiary/aromatic N) is 1. The number of halogens is 1. The van der Waals surface area contributed by atoms with Crippen molar-refractivity contribution < 1.29 is 0 Å². The summed E-state index contributed by atoms with van der Waals surface area (Å²) in [5.41, 5.74) is 1.32. The summed E-state index contributed by atoms with van der Waals surface area (Å²) in [6.45, 7) is 1.77. The first-order chi connectivity index (χ1) is 9.33. The lowest BCUT2D eigenvalue weighted by molar-refractivity contribution is 0.704. The number of benzene rings is 1. The Balaban J connectivity index is 1.71. The van der Waals surface area contributed by atoms with E-state index in [2.05, 4.69) is 62.6 Å². The van der Waals surface area contributed by atoms with Crippen LogP contribution in [0.2, 0.25) is 0 Å². The molecule has 0 unspecified atom stereocenters. The van der Waals surface area contributed by atoms with E-state index >= 15 is 0 Å². The van der Waals surface area contributed by atoms with E-state index in [1.54, 1.807) is 11.3 Å². The monoisotopic (exact) mass is 332 g/mol. The zero-order valence-electron chi connectivity index (χ0n) is 10.3. The van der Waals surface area contributed by atoms with Gasteiger partial charge in [-0.25, -0.2) is 0 Å². The van der Waals surface area contributed by atoms with Crippen LogP contribution in [0, 0.1) is 0 Å². The fourth-order valence-corrected chi connectivity index (χ4v) is 3.56. The van der Waals surface area contributed by atoms with Crippen LogP contribution >= 0.6 is 27.3 Å². The summed E-state index contributed by atoms with van der Waals surface area (Å²) in [5.74, 6) is 0. The van der Waals surface area contributed by atoms with Gasteiger partial charge in [0.25, 0.3) is 0 Å². The number of hydrogen-bond acceptors (Lipinski definition) is 3. The molecule has 2 aromatic heterocycles. The van der Waals surface area contributed by atoms with E-state index in [0.29, 0.717) is 0 Å². The standard InChI is InChI=1S/C15H13BrN2S/c16-15-5-4-13(19-15)10-18-9-12-3-1-2-11-8-17-7-6-14(11)12/h1-8,18H,9-10H2. The number of hydrogen-bond donors (Lipinski definition) is 1. The van der Waals surface area contributed by atoms with Crippen LogP contribution in [-0.4, -0.2) is 4.98 Å². The first-order valence-corrected chi connectivity index (χ1v) is 7.70. The largest absolute Gasteiger partial charge is 0.308 e. The van der Waals surface area contributed by atoms with Gasteiger partial charge in [-0.3, -0.25) is 4.98 Å². The average Bonchev–Trinajstić information content (AvgIpc) is 2.85. The van der Waals surface area contributed by atoms with Gasteiger partial charge in [0.1, 0.15) is 0 Å². The van der Waals surface area contributed by atoms with Crippen LogP contribution in [0.15, 0.2) is 52.6 Å². The van der Waals surface area contributed by atoms with Crippen LogP contribution in [0.4, 0.5) is 0 Å². The Labute approximate surface area is 124 Å². The fourth-order valence-electron chi connectivity index (χ4n) is 2.11. The molecule has 0 radical (unpaired) electrons. The molecular formula is C15H13BrN2S. The van der Waals surface area contributed by atoms with Crippen molar-refractivity contribution in [3.8, 4) is 0 Å². The van der Waals surface area contributed by atoms with Crippen molar-refractivity contribution in [2.24, 2.45) is 0 Å². The Bertz CT molecular complexity index is 688. The minimum atomic E-state index is 0.872. The fraction of sp³-hybridized carbons (Fsp3) is 0.133. The van der Waals surface area contributed by atoms with Crippen molar-refractivity contribution in [1.82, 2.24) is 10.3 Å². The van der Waals surface area contributed by atoms with Gasteiger partial charge in [-0.2, -0.15) is 0 Å². The van der Waals surface area contributed by atoms with Gasteiger partial charge in [0.2, 0.25) is 0 Å². The predicted molar refractivity (Wildman–Crippen MR) is 84.3 cm³/mol. The van der Waals surface area contributed by atoms with Gasteiger partial charge < -0.3 is 5.32 Å². The normalized spacial score (nSPS) is 11.0. The molecule has 0 saturated carbocycles. The Kier molecular flexibility index (Phi) is 3.92. The van der Waals surface area contributed by atoms with Crippen LogP contribution < -0.4 is 5.32 Å². The van der Waals surface area contributed by atoms with E-state index in [1.165, 1.54) is 25.0 Å². The van der Waals surface area contributed by atoms with Gasteiger partial charge in [-0.1, -0.05) is 18.2 Å². The average molecular weight is 333 g/mol. The Morgan fingerprint density at radius 1 is 1.11 bits per heavy atom. The van der Waals surface area contributed by atoms with Crippen LogP contribution in [0.25, 0.3) is 10.8 Å². The number of rotatable bonds is 4. The first-order valence-electron chi connectivity index (χ1n) is 6.09. The molecule has 96 valence electrons. The van der Waals surface area contributed by atoms with Crippen LogP contribution in [0.3, 0.4) is 0 Å². The summed E-state index contributed by atoms with van der Waals surface area (Å²) in [6.07, 6.45) is 3.76. The number of nitrogens with one attached hydrogen (secondary N) is 1. The van der Waals surface area contributed by atoms with E-state index in [9.17, 15) is 0 Å². The Hall–Kier alpha value is -1.23. The summed E-state index contributed by atoms with van der Waals surface area (Å²) in [6, 6.07) is 12.7. The first kappa shape index (κ1) is 12.8. The van der Waals surface area contributed by atoms with E-state index < -0.39 is 0 Å². The molecular weight excluding hydrogens is 320 g/mol.